The lowest BCUT2D eigenvalue weighted by Gasteiger charge is -2.17. The fraction of sp³-hybridized carbons (Fsp3) is 0.0952. The van der Waals surface area contributed by atoms with Gasteiger partial charge in [-0.3, -0.25) is 19.9 Å². The first-order chi connectivity index (χ1) is 27.7. The lowest BCUT2D eigenvalue weighted by atomic mass is 9.81. The van der Waals surface area contributed by atoms with Crippen LogP contribution in [0.3, 0.4) is 0 Å². The lowest BCUT2D eigenvalue weighted by Crippen LogP contribution is -2.30. The third kappa shape index (κ3) is 8.49. The monoisotopic (exact) mass is 846 g/mol. The van der Waals surface area contributed by atoms with E-state index >= 15 is 0 Å². The number of aromatic nitrogens is 6. The van der Waals surface area contributed by atoms with E-state index in [-0.39, 0.29) is 27.3 Å². The third-order valence-electron chi connectivity index (χ3n) is 9.11. The molecule has 0 atom stereocenters. The Hall–Kier alpha value is -6.36. The van der Waals surface area contributed by atoms with Crippen LogP contribution in [0, 0.1) is 51.0 Å². The highest BCUT2D eigenvalue weighted by molar-refractivity contribution is 9.10. The zero-order valence-electron chi connectivity index (χ0n) is 31.3. The molecule has 16 heteroatoms. The zero-order valence-corrected chi connectivity index (χ0v) is 32.9. The predicted molar refractivity (Wildman–Crippen MR) is 221 cm³/mol. The average molecular weight is 847 g/mol. The van der Waals surface area contributed by atoms with E-state index < -0.39 is 30.4 Å². The Morgan fingerprint density at radius 3 is 1.50 bits per heavy atom. The molecule has 290 valence electrons. The second-order valence-corrected chi connectivity index (χ2v) is 14.4. The molecule has 6 aromatic heterocycles. The Morgan fingerprint density at radius 2 is 1.05 bits per heavy atom. The predicted octanol–water partition coefficient (Wildman–Crippen LogP) is 9.10. The summed E-state index contributed by atoms with van der Waals surface area (Å²) < 4.78 is 58.0. The highest BCUT2D eigenvalue weighted by Gasteiger charge is 2.21. The van der Waals surface area contributed by atoms with Gasteiger partial charge in [-0.1, -0.05) is 0 Å². The molecule has 0 amide bonds. The fourth-order valence-corrected chi connectivity index (χ4v) is 6.76. The molecule has 0 saturated carbocycles. The highest BCUT2D eigenvalue weighted by atomic mass is 79.9. The number of hydrogen-bond donors (Lipinski definition) is 4. The number of fused-ring (bicyclic) bond motifs is 2. The molecule has 0 fully saturated rings. The van der Waals surface area contributed by atoms with Gasteiger partial charge in [-0.05, 0) is 91.1 Å². The normalized spacial score (nSPS) is 11.0. The van der Waals surface area contributed by atoms with Crippen LogP contribution in [0.15, 0.2) is 102 Å². The van der Waals surface area contributed by atoms with E-state index in [4.69, 9.17) is 0 Å². The van der Waals surface area contributed by atoms with Crippen LogP contribution < -0.4 is 16.1 Å². The second kappa shape index (κ2) is 16.6. The number of nitrogens with zero attached hydrogens (tertiary/aromatic N) is 6. The van der Waals surface area contributed by atoms with Gasteiger partial charge >= 0.3 is 7.12 Å². The largest absolute Gasteiger partial charge is 0.490 e. The van der Waals surface area contributed by atoms with Crippen LogP contribution in [0.5, 0.6) is 0 Å². The van der Waals surface area contributed by atoms with E-state index in [9.17, 15) is 27.6 Å². The quantitative estimate of drug-likeness (QED) is 0.0907. The van der Waals surface area contributed by atoms with Gasteiger partial charge in [-0.25, -0.2) is 27.5 Å². The molecule has 0 bridgehead atoms. The van der Waals surface area contributed by atoms with Crippen molar-refractivity contribution >= 4 is 73.1 Å². The summed E-state index contributed by atoms with van der Waals surface area (Å²) in [7, 11) is -1.70. The zero-order chi connectivity index (χ0) is 41.2. The van der Waals surface area contributed by atoms with E-state index in [1.807, 2.05) is 51.1 Å². The van der Waals surface area contributed by atoms with Crippen molar-refractivity contribution in [3.05, 3.63) is 148 Å². The summed E-state index contributed by atoms with van der Waals surface area (Å²) in [5.41, 5.74) is 7.98. The van der Waals surface area contributed by atoms with Crippen LogP contribution in [-0.2, 0) is 0 Å². The molecule has 0 saturated heterocycles. The first-order valence-electron chi connectivity index (χ1n) is 17.7. The van der Waals surface area contributed by atoms with Crippen molar-refractivity contribution in [2.75, 3.05) is 10.6 Å². The van der Waals surface area contributed by atoms with Gasteiger partial charge in [0.25, 0.3) is 0 Å². The summed E-state index contributed by atoms with van der Waals surface area (Å²) in [6, 6.07) is 14.8. The molecule has 0 unspecified atom stereocenters. The maximum atomic E-state index is 14.8. The minimum atomic E-state index is -1.70. The Kier molecular flexibility index (Phi) is 11.4. The molecular weight excluding hydrogens is 815 g/mol. The van der Waals surface area contributed by atoms with Gasteiger partial charge in [0, 0.05) is 70.1 Å². The summed E-state index contributed by atoms with van der Waals surface area (Å²) in [6.45, 7) is 7.46. The van der Waals surface area contributed by atoms with Crippen molar-refractivity contribution in [3.8, 4) is 22.8 Å². The van der Waals surface area contributed by atoms with Gasteiger partial charge in [-0.2, -0.15) is 0 Å². The van der Waals surface area contributed by atoms with Gasteiger partial charge in [0.1, 0.15) is 23.3 Å². The minimum Gasteiger partial charge on any atom is -0.423 e. The van der Waals surface area contributed by atoms with Gasteiger partial charge in [-0.15, -0.1) is 0 Å². The molecule has 8 rings (SSSR count). The number of nitrogens with one attached hydrogen (secondary N) is 2. The molecule has 58 heavy (non-hydrogen) atoms. The molecule has 0 aliphatic carbocycles. The number of hydrogen-bond acceptors (Lipinski definition) is 10. The maximum absolute atomic E-state index is 14.8. The van der Waals surface area contributed by atoms with Crippen molar-refractivity contribution in [2.24, 2.45) is 0 Å². The first-order valence-corrected chi connectivity index (χ1v) is 18.5. The van der Waals surface area contributed by atoms with E-state index in [0.717, 1.165) is 33.8 Å². The minimum absolute atomic E-state index is 0.111. The van der Waals surface area contributed by atoms with Crippen LogP contribution in [-0.4, -0.2) is 47.1 Å². The summed E-state index contributed by atoms with van der Waals surface area (Å²) in [5, 5.41) is 25.4. The van der Waals surface area contributed by atoms with Gasteiger partial charge in [0.2, 0.25) is 0 Å². The fourth-order valence-electron chi connectivity index (χ4n) is 6.39. The number of aryl methyl sites for hydroxylation is 2. The van der Waals surface area contributed by atoms with E-state index in [1.54, 1.807) is 31.7 Å². The summed E-state index contributed by atoms with van der Waals surface area (Å²) >= 11 is 3.38. The first kappa shape index (κ1) is 39.9. The van der Waals surface area contributed by atoms with Crippen molar-refractivity contribution in [1.29, 1.82) is 0 Å². The summed E-state index contributed by atoms with van der Waals surface area (Å²) in [4.78, 5) is 25.8. The summed E-state index contributed by atoms with van der Waals surface area (Å²) in [5.74, 6) is -2.87. The van der Waals surface area contributed by atoms with Gasteiger partial charge < -0.3 is 20.7 Å². The topological polar surface area (TPSA) is 142 Å². The molecule has 0 spiro atoms. The molecule has 0 aliphatic rings. The van der Waals surface area contributed by atoms with Crippen molar-refractivity contribution in [3.63, 3.8) is 0 Å². The Morgan fingerprint density at radius 1 is 0.586 bits per heavy atom. The molecule has 8 aromatic rings. The maximum Gasteiger partial charge on any atom is 0.490 e. The third-order valence-corrected chi connectivity index (χ3v) is 9.54. The molecule has 4 N–H and O–H groups in total. The second-order valence-electron chi connectivity index (χ2n) is 13.4. The van der Waals surface area contributed by atoms with E-state index in [0.29, 0.717) is 56.7 Å². The van der Waals surface area contributed by atoms with Crippen molar-refractivity contribution in [1.82, 2.24) is 29.9 Å². The van der Waals surface area contributed by atoms with Crippen LogP contribution >= 0.6 is 15.9 Å². The number of pyridine rings is 6. The molecule has 6 heterocycles. The molecular formula is C42H32BBrF4N8O2. The van der Waals surface area contributed by atoms with Gasteiger partial charge in [0.15, 0.2) is 0 Å². The number of halogens is 5. The van der Waals surface area contributed by atoms with E-state index in [1.165, 1.54) is 24.5 Å². The Labute approximate surface area is 338 Å². The summed E-state index contributed by atoms with van der Waals surface area (Å²) in [6.07, 6.45) is 9.39. The van der Waals surface area contributed by atoms with Crippen molar-refractivity contribution < 1.29 is 27.6 Å². The Balaban J connectivity index is 0.000000177. The lowest BCUT2D eigenvalue weighted by molar-refractivity contribution is 0.425. The highest BCUT2D eigenvalue weighted by Crippen LogP contribution is 2.38. The van der Waals surface area contributed by atoms with Crippen LogP contribution in [0.1, 0.15) is 22.3 Å². The molecule has 10 nitrogen and oxygen atoms in total. The van der Waals surface area contributed by atoms with Gasteiger partial charge in [0.05, 0.1) is 79.7 Å². The average Bonchev–Trinajstić information content (AvgIpc) is 3.17. The standard InChI is InChI=1S/C21H17BF2N4O2.C21H15BrF2N4/c1-11-3-4-26-18(5-11)20-12(2)21(19-16(24)7-14(23)8-17(19)28-20)27-15-6-13(22(29)30)9-25-10-15;1-11-3-4-26-18(5-11)20-12(2)21(27-15-6-13(22)9-25-10-15)19-16(24)7-14(23)8-17(19)28-20/h3-10,29-30H,1-2H3,(H,27,28);3-10H,1-2H3,(H,27,28). The van der Waals surface area contributed by atoms with E-state index in [2.05, 4.69) is 56.5 Å². The molecule has 0 aliphatic heterocycles. The number of benzene rings is 2. The van der Waals surface area contributed by atoms with Crippen LogP contribution in [0.25, 0.3) is 44.6 Å². The molecule has 2 aromatic carbocycles. The van der Waals surface area contributed by atoms with Crippen molar-refractivity contribution in [2.45, 2.75) is 27.7 Å². The Bertz CT molecular complexity index is 2870. The smallest absolute Gasteiger partial charge is 0.423 e. The number of rotatable bonds is 7. The SMILES string of the molecule is Cc1ccnc(-c2nc3cc(F)cc(F)c3c(Nc3cncc(B(O)O)c3)c2C)c1.Cc1ccnc(-c2nc3cc(F)cc(F)c3c(Nc3cncc(Br)c3)c2C)c1. The van der Waals surface area contributed by atoms with Crippen LogP contribution in [0.4, 0.5) is 40.3 Å². The molecule has 0 radical (unpaired) electrons. The number of anilines is 4. The van der Waals surface area contributed by atoms with Crippen LogP contribution in [0.2, 0.25) is 0 Å².